The number of hydrogen-bond acceptors (Lipinski definition) is 9. The Balaban J connectivity index is 1.50. The Morgan fingerprint density at radius 3 is 2.59 bits per heavy atom. The van der Waals surface area contributed by atoms with E-state index in [1.807, 2.05) is 24.3 Å². The fourth-order valence-corrected chi connectivity index (χ4v) is 4.20. The second-order valence-electron chi connectivity index (χ2n) is 8.67. The summed E-state index contributed by atoms with van der Waals surface area (Å²) in [5.41, 5.74) is 10.3. The van der Waals surface area contributed by atoms with Gasteiger partial charge in [-0.1, -0.05) is 0 Å². The maximum atomic E-state index is 9.46. The van der Waals surface area contributed by atoms with E-state index in [0.717, 1.165) is 74.2 Å². The lowest BCUT2D eigenvalue weighted by Gasteiger charge is -2.34. The summed E-state index contributed by atoms with van der Waals surface area (Å²) in [4.78, 5) is 8.08. The summed E-state index contributed by atoms with van der Waals surface area (Å²) in [6.07, 6.45) is 7.79. The van der Waals surface area contributed by atoms with Gasteiger partial charge in [-0.15, -0.1) is 5.10 Å². The normalized spacial score (nSPS) is 16.2. The van der Waals surface area contributed by atoms with E-state index in [4.69, 9.17) is 16.6 Å². The van der Waals surface area contributed by atoms with Crippen LogP contribution in [0.3, 0.4) is 0 Å². The van der Waals surface area contributed by atoms with Crippen LogP contribution in [-0.4, -0.2) is 52.4 Å². The number of nitrogens with zero attached hydrogens (tertiary/aromatic N) is 6. The molecule has 0 radical (unpaired) electrons. The standard InChI is InChI=1S/C23H27N11/c24-11-18-12-28-23-19(29-16-1-2-16)10-22(31-34(18)23)30-17-3-4-20(21(9-17)33(13-25)14-26)32-7-5-15(27)6-8-32/h3-4,9-10,12-16,25-26,29H,1-2,5-8,27H2,(H,30,31). The van der Waals surface area contributed by atoms with E-state index in [1.54, 1.807) is 4.52 Å². The van der Waals surface area contributed by atoms with Crippen molar-refractivity contribution in [2.75, 3.05) is 33.5 Å². The van der Waals surface area contributed by atoms with Crippen molar-refractivity contribution in [2.45, 2.75) is 37.8 Å². The van der Waals surface area contributed by atoms with E-state index in [0.29, 0.717) is 23.2 Å². The van der Waals surface area contributed by atoms with Crippen LogP contribution in [0.2, 0.25) is 0 Å². The van der Waals surface area contributed by atoms with Crippen molar-refractivity contribution in [2.24, 2.45) is 5.73 Å². The Labute approximate surface area is 197 Å². The maximum Gasteiger partial charge on any atom is 0.178 e. The molecule has 2 aliphatic rings. The van der Waals surface area contributed by atoms with Crippen LogP contribution in [-0.2, 0) is 0 Å². The number of benzene rings is 1. The lowest BCUT2D eigenvalue weighted by atomic mass is 10.0. The van der Waals surface area contributed by atoms with Crippen LogP contribution in [0, 0.1) is 22.1 Å². The van der Waals surface area contributed by atoms with Crippen molar-refractivity contribution in [1.82, 2.24) is 14.6 Å². The third-order valence-corrected chi connectivity index (χ3v) is 6.20. The van der Waals surface area contributed by atoms with Gasteiger partial charge >= 0.3 is 0 Å². The van der Waals surface area contributed by atoms with Gasteiger partial charge in [0.15, 0.2) is 17.2 Å². The second-order valence-corrected chi connectivity index (χ2v) is 8.67. The number of imidazole rings is 1. The van der Waals surface area contributed by atoms with Gasteiger partial charge in [-0.25, -0.2) is 4.98 Å². The lowest BCUT2D eigenvalue weighted by Crippen LogP contribution is -2.40. The highest BCUT2D eigenvalue weighted by Gasteiger charge is 2.24. The van der Waals surface area contributed by atoms with Gasteiger partial charge in [-0.05, 0) is 43.9 Å². The third kappa shape index (κ3) is 4.23. The molecule has 1 aliphatic heterocycles. The molecule has 2 aromatic heterocycles. The molecule has 34 heavy (non-hydrogen) atoms. The van der Waals surface area contributed by atoms with Crippen LogP contribution in [0.15, 0.2) is 30.5 Å². The summed E-state index contributed by atoms with van der Waals surface area (Å²) in [6, 6.07) is 10.5. The Hall–Kier alpha value is -4.17. The second kappa shape index (κ2) is 8.99. The molecule has 6 N–H and O–H groups in total. The van der Waals surface area contributed by atoms with Crippen molar-refractivity contribution >= 4 is 46.9 Å². The van der Waals surface area contributed by atoms with E-state index in [-0.39, 0.29) is 6.04 Å². The molecule has 174 valence electrons. The molecule has 1 saturated carbocycles. The van der Waals surface area contributed by atoms with Gasteiger partial charge in [-0.2, -0.15) is 9.78 Å². The van der Waals surface area contributed by atoms with Crippen molar-refractivity contribution in [3.63, 3.8) is 0 Å². The molecule has 0 spiro atoms. The molecule has 11 nitrogen and oxygen atoms in total. The van der Waals surface area contributed by atoms with Gasteiger partial charge < -0.3 is 21.3 Å². The van der Waals surface area contributed by atoms with Gasteiger partial charge in [0.25, 0.3) is 0 Å². The molecule has 1 aliphatic carbocycles. The monoisotopic (exact) mass is 457 g/mol. The number of nitrogens with two attached hydrogens (primary N) is 1. The zero-order chi connectivity index (χ0) is 23.7. The first-order valence-corrected chi connectivity index (χ1v) is 11.4. The number of hydrogen-bond donors (Lipinski definition) is 5. The fraction of sp³-hybridized carbons (Fsp3) is 0.348. The van der Waals surface area contributed by atoms with Crippen LogP contribution >= 0.6 is 0 Å². The molecular formula is C23H27N11. The van der Waals surface area contributed by atoms with E-state index in [1.165, 1.54) is 11.1 Å². The Morgan fingerprint density at radius 2 is 1.91 bits per heavy atom. The SMILES string of the molecule is N#Cc1cnc2c(NC3CC3)cc(Nc3ccc(N4CCC(N)CC4)c(N(C=N)C=N)c3)nn12. The molecule has 1 aromatic carbocycles. The molecule has 0 amide bonds. The predicted molar refractivity (Wildman–Crippen MR) is 134 cm³/mol. The van der Waals surface area contributed by atoms with Crippen LogP contribution in [0.1, 0.15) is 31.4 Å². The summed E-state index contributed by atoms with van der Waals surface area (Å²) in [5.74, 6) is 0.559. The topological polar surface area (TPSA) is 158 Å². The largest absolute Gasteiger partial charge is 0.379 e. The highest BCUT2D eigenvalue weighted by Crippen LogP contribution is 2.35. The van der Waals surface area contributed by atoms with Crippen molar-refractivity contribution in [3.8, 4) is 6.07 Å². The van der Waals surface area contributed by atoms with E-state index < -0.39 is 0 Å². The first-order valence-electron chi connectivity index (χ1n) is 11.4. The lowest BCUT2D eigenvalue weighted by molar-refractivity contribution is 0.501. The summed E-state index contributed by atoms with van der Waals surface area (Å²) < 4.78 is 1.54. The van der Waals surface area contributed by atoms with Crippen LogP contribution in [0.25, 0.3) is 5.65 Å². The smallest absolute Gasteiger partial charge is 0.178 e. The molecule has 3 heterocycles. The number of fused-ring (bicyclic) bond motifs is 1. The maximum absolute atomic E-state index is 9.46. The Morgan fingerprint density at radius 1 is 1.15 bits per heavy atom. The van der Waals surface area contributed by atoms with Gasteiger partial charge in [-0.3, -0.25) is 15.7 Å². The van der Waals surface area contributed by atoms with E-state index in [9.17, 15) is 5.26 Å². The minimum Gasteiger partial charge on any atom is -0.379 e. The number of rotatable bonds is 8. The van der Waals surface area contributed by atoms with Gasteiger partial charge in [0.1, 0.15) is 6.07 Å². The molecule has 1 saturated heterocycles. The summed E-state index contributed by atoms with van der Waals surface area (Å²) in [6.45, 7) is 1.66. The summed E-state index contributed by atoms with van der Waals surface area (Å²) >= 11 is 0. The quantitative estimate of drug-likeness (QED) is 0.255. The number of piperidine rings is 1. The molecule has 0 bridgehead atoms. The molecule has 3 aromatic rings. The van der Waals surface area contributed by atoms with Crippen LogP contribution in [0.4, 0.5) is 28.6 Å². The molecule has 2 fully saturated rings. The summed E-state index contributed by atoms with van der Waals surface area (Å²) in [7, 11) is 0. The first-order chi connectivity index (χ1) is 16.6. The minimum absolute atomic E-state index is 0.211. The molecule has 0 atom stereocenters. The van der Waals surface area contributed by atoms with Gasteiger partial charge in [0.05, 0.1) is 35.9 Å². The van der Waals surface area contributed by atoms with Crippen molar-refractivity contribution in [1.29, 1.82) is 16.1 Å². The number of aromatic nitrogens is 3. The fourth-order valence-electron chi connectivity index (χ4n) is 4.20. The first kappa shape index (κ1) is 21.7. The van der Waals surface area contributed by atoms with Crippen LogP contribution < -0.4 is 26.2 Å². The van der Waals surface area contributed by atoms with Gasteiger partial charge in [0.2, 0.25) is 0 Å². The van der Waals surface area contributed by atoms with E-state index in [2.05, 4.69) is 31.7 Å². The van der Waals surface area contributed by atoms with Gasteiger partial charge in [0, 0.05) is 36.9 Å². The highest BCUT2D eigenvalue weighted by atomic mass is 15.3. The average molecular weight is 458 g/mol. The predicted octanol–water partition coefficient (Wildman–Crippen LogP) is 2.87. The summed E-state index contributed by atoms with van der Waals surface area (Å²) in [5, 5.41) is 36.4. The number of anilines is 5. The number of nitrogens with one attached hydrogen (secondary N) is 4. The highest BCUT2D eigenvalue weighted by molar-refractivity contribution is 6.02. The average Bonchev–Trinajstić information content (AvgIpc) is 3.57. The Kier molecular flexibility index (Phi) is 5.73. The zero-order valence-corrected chi connectivity index (χ0v) is 18.7. The van der Waals surface area contributed by atoms with Crippen molar-refractivity contribution in [3.05, 3.63) is 36.2 Å². The molecular weight excluding hydrogens is 430 g/mol. The van der Waals surface area contributed by atoms with Crippen molar-refractivity contribution < 1.29 is 0 Å². The Bertz CT molecular complexity index is 1250. The molecule has 0 unspecified atom stereocenters. The zero-order valence-electron chi connectivity index (χ0n) is 18.7. The third-order valence-electron chi connectivity index (χ3n) is 6.20. The van der Waals surface area contributed by atoms with E-state index >= 15 is 0 Å². The molecule has 5 rings (SSSR count). The van der Waals surface area contributed by atoms with Crippen LogP contribution in [0.5, 0.6) is 0 Å². The number of nitriles is 1. The minimum atomic E-state index is 0.211. The molecule has 11 heteroatoms.